The number of hydrogen-bond acceptors (Lipinski definition) is 6. The van der Waals surface area contributed by atoms with Crippen molar-refractivity contribution in [2.75, 3.05) is 18.0 Å². The molecule has 1 unspecified atom stereocenters. The van der Waals surface area contributed by atoms with Gasteiger partial charge < -0.3 is 14.4 Å². The Labute approximate surface area is 125 Å². The first-order valence-electron chi connectivity index (χ1n) is 6.99. The number of fused-ring (bicyclic) bond motifs is 1. The van der Waals surface area contributed by atoms with Gasteiger partial charge in [0.2, 0.25) is 0 Å². The van der Waals surface area contributed by atoms with E-state index in [1.165, 1.54) is 12.1 Å². The van der Waals surface area contributed by atoms with Crippen LogP contribution < -0.4 is 4.90 Å². The van der Waals surface area contributed by atoms with Gasteiger partial charge in [-0.3, -0.25) is 0 Å². The lowest BCUT2D eigenvalue weighted by Gasteiger charge is -2.22. The first-order valence-corrected chi connectivity index (χ1v) is 6.99. The number of hydrogen-bond donors (Lipinski definition) is 1. The predicted octanol–water partition coefficient (Wildman–Crippen LogP) is 1.20. The van der Waals surface area contributed by atoms with E-state index in [1.807, 2.05) is 4.90 Å². The van der Waals surface area contributed by atoms with Crippen molar-refractivity contribution in [2.24, 2.45) is 0 Å². The first-order chi connectivity index (χ1) is 10.6. The number of β-amino-alcohol motifs (C(OH)–C–C–N with tert-alkyl or cyclic N) is 1. The second-order valence-corrected chi connectivity index (χ2v) is 5.61. The summed E-state index contributed by atoms with van der Waals surface area (Å²) in [6, 6.07) is 4.62. The van der Waals surface area contributed by atoms with Crippen LogP contribution in [0.2, 0.25) is 0 Å². The van der Waals surface area contributed by atoms with Crippen LogP contribution in [0.3, 0.4) is 0 Å². The number of benzene rings is 1. The SMILES string of the molecule is OC1(Cn2ccnn2)CCN(c2nc3cc(F)ccc3o2)C1. The van der Waals surface area contributed by atoms with Crippen LogP contribution in [0.5, 0.6) is 0 Å². The molecule has 1 aliphatic heterocycles. The standard InChI is InChI=1S/C14H14FN5O2/c15-10-1-2-12-11(7-10)17-13(22-12)19-5-3-14(21,8-19)9-20-6-4-16-18-20/h1-2,4,6-7,21H,3,5,8-9H2. The van der Waals surface area contributed by atoms with Gasteiger partial charge in [0.15, 0.2) is 5.58 Å². The minimum Gasteiger partial charge on any atom is -0.423 e. The lowest BCUT2D eigenvalue weighted by Crippen LogP contribution is -2.37. The zero-order valence-electron chi connectivity index (χ0n) is 11.7. The summed E-state index contributed by atoms with van der Waals surface area (Å²) in [5.74, 6) is -0.351. The fourth-order valence-electron chi connectivity index (χ4n) is 2.79. The summed E-state index contributed by atoms with van der Waals surface area (Å²) < 4.78 is 20.4. The lowest BCUT2D eigenvalue weighted by molar-refractivity contribution is 0.0406. The average molecular weight is 303 g/mol. The molecule has 0 bridgehead atoms. The molecule has 0 saturated carbocycles. The smallest absolute Gasteiger partial charge is 0.298 e. The molecule has 1 fully saturated rings. The third-order valence-electron chi connectivity index (χ3n) is 3.87. The molecule has 1 aliphatic rings. The second kappa shape index (κ2) is 4.77. The maximum absolute atomic E-state index is 13.2. The largest absolute Gasteiger partial charge is 0.423 e. The number of oxazole rings is 1. The molecule has 114 valence electrons. The van der Waals surface area contributed by atoms with Crippen LogP contribution in [0.15, 0.2) is 35.0 Å². The van der Waals surface area contributed by atoms with Gasteiger partial charge in [0.25, 0.3) is 6.01 Å². The molecule has 3 aromatic rings. The van der Waals surface area contributed by atoms with Crippen molar-refractivity contribution in [1.29, 1.82) is 0 Å². The molecule has 0 aliphatic carbocycles. The molecular weight excluding hydrogens is 289 g/mol. The Bertz CT molecular complexity index is 803. The normalized spacial score (nSPS) is 21.8. The Morgan fingerprint density at radius 3 is 3.14 bits per heavy atom. The summed E-state index contributed by atoms with van der Waals surface area (Å²) in [5.41, 5.74) is 0.0874. The van der Waals surface area contributed by atoms with Crippen molar-refractivity contribution in [3.05, 3.63) is 36.4 Å². The molecule has 22 heavy (non-hydrogen) atoms. The van der Waals surface area contributed by atoms with E-state index in [4.69, 9.17) is 4.42 Å². The predicted molar refractivity (Wildman–Crippen MR) is 75.8 cm³/mol. The maximum atomic E-state index is 13.2. The lowest BCUT2D eigenvalue weighted by atomic mass is 10.0. The van der Waals surface area contributed by atoms with Crippen LogP contribution in [0.1, 0.15) is 6.42 Å². The van der Waals surface area contributed by atoms with Crippen molar-refractivity contribution in [1.82, 2.24) is 20.0 Å². The second-order valence-electron chi connectivity index (χ2n) is 5.61. The maximum Gasteiger partial charge on any atom is 0.298 e. The Balaban J connectivity index is 1.56. The Morgan fingerprint density at radius 1 is 1.41 bits per heavy atom. The number of rotatable bonds is 3. The molecule has 7 nitrogen and oxygen atoms in total. The summed E-state index contributed by atoms with van der Waals surface area (Å²) in [4.78, 5) is 6.15. The van der Waals surface area contributed by atoms with E-state index in [0.717, 1.165) is 0 Å². The van der Waals surface area contributed by atoms with Gasteiger partial charge in [-0.05, 0) is 18.6 Å². The molecule has 1 saturated heterocycles. The van der Waals surface area contributed by atoms with Gasteiger partial charge in [0.05, 0.1) is 19.3 Å². The van der Waals surface area contributed by atoms with Crippen LogP contribution in [0.25, 0.3) is 11.1 Å². The fourth-order valence-corrected chi connectivity index (χ4v) is 2.79. The van der Waals surface area contributed by atoms with Crippen molar-refractivity contribution in [3.8, 4) is 0 Å². The molecule has 0 amide bonds. The van der Waals surface area contributed by atoms with Crippen LogP contribution in [-0.2, 0) is 6.54 Å². The van der Waals surface area contributed by atoms with Crippen molar-refractivity contribution >= 4 is 17.1 Å². The van der Waals surface area contributed by atoms with Gasteiger partial charge in [0, 0.05) is 18.8 Å². The highest BCUT2D eigenvalue weighted by Gasteiger charge is 2.38. The number of aromatic nitrogens is 4. The van der Waals surface area contributed by atoms with Crippen LogP contribution in [-0.4, -0.2) is 43.8 Å². The Kier molecular flexibility index (Phi) is 2.86. The molecular formula is C14H14FN5O2. The van der Waals surface area contributed by atoms with Crippen LogP contribution in [0.4, 0.5) is 10.4 Å². The zero-order valence-corrected chi connectivity index (χ0v) is 11.7. The number of anilines is 1. The molecule has 1 aromatic carbocycles. The van der Waals surface area contributed by atoms with Crippen LogP contribution >= 0.6 is 0 Å². The minimum atomic E-state index is -0.917. The van der Waals surface area contributed by atoms with Crippen molar-refractivity contribution in [2.45, 2.75) is 18.6 Å². The van der Waals surface area contributed by atoms with E-state index in [2.05, 4.69) is 15.3 Å². The fraction of sp³-hybridized carbons (Fsp3) is 0.357. The molecule has 8 heteroatoms. The van der Waals surface area contributed by atoms with Gasteiger partial charge in [-0.15, -0.1) is 5.10 Å². The summed E-state index contributed by atoms with van der Waals surface area (Å²) in [6.45, 7) is 1.35. The Morgan fingerprint density at radius 2 is 2.32 bits per heavy atom. The highest BCUT2D eigenvalue weighted by atomic mass is 19.1. The van der Waals surface area contributed by atoms with Gasteiger partial charge in [0.1, 0.15) is 16.9 Å². The third-order valence-corrected chi connectivity index (χ3v) is 3.87. The Hall–Kier alpha value is -2.48. The third kappa shape index (κ3) is 2.31. The number of nitrogens with zero attached hydrogens (tertiary/aromatic N) is 5. The average Bonchev–Trinajstić information content (AvgIpc) is 3.18. The highest BCUT2D eigenvalue weighted by molar-refractivity contribution is 5.74. The molecule has 0 spiro atoms. The van der Waals surface area contributed by atoms with E-state index in [9.17, 15) is 9.50 Å². The first kappa shape index (κ1) is 13.2. The van der Waals surface area contributed by atoms with E-state index < -0.39 is 5.60 Å². The molecule has 4 rings (SSSR count). The molecule has 0 radical (unpaired) electrons. The highest BCUT2D eigenvalue weighted by Crippen LogP contribution is 2.30. The minimum absolute atomic E-state index is 0.351. The zero-order chi connectivity index (χ0) is 15.2. The molecule has 1 atom stereocenters. The van der Waals surface area contributed by atoms with Crippen LogP contribution in [0, 0.1) is 5.82 Å². The topological polar surface area (TPSA) is 80.2 Å². The van der Waals surface area contributed by atoms with Gasteiger partial charge >= 0.3 is 0 Å². The summed E-state index contributed by atoms with van der Waals surface area (Å²) >= 11 is 0. The quantitative estimate of drug-likeness (QED) is 0.783. The summed E-state index contributed by atoms with van der Waals surface area (Å²) in [7, 11) is 0. The van der Waals surface area contributed by atoms with Crippen molar-refractivity contribution in [3.63, 3.8) is 0 Å². The van der Waals surface area contributed by atoms with Crippen molar-refractivity contribution < 1.29 is 13.9 Å². The number of aliphatic hydroxyl groups is 1. The summed E-state index contributed by atoms with van der Waals surface area (Å²) in [6.07, 6.45) is 3.86. The van der Waals surface area contributed by atoms with E-state index in [-0.39, 0.29) is 5.82 Å². The van der Waals surface area contributed by atoms with E-state index >= 15 is 0 Å². The molecule has 2 aromatic heterocycles. The number of halogens is 1. The van der Waals surface area contributed by atoms with Gasteiger partial charge in [-0.25, -0.2) is 9.07 Å². The van der Waals surface area contributed by atoms with Gasteiger partial charge in [-0.1, -0.05) is 5.21 Å². The monoisotopic (exact) mass is 303 g/mol. The molecule has 3 heterocycles. The van der Waals surface area contributed by atoms with E-state index in [0.29, 0.717) is 43.2 Å². The van der Waals surface area contributed by atoms with E-state index in [1.54, 1.807) is 23.1 Å². The van der Waals surface area contributed by atoms with Gasteiger partial charge in [-0.2, -0.15) is 4.98 Å². The summed E-state index contributed by atoms with van der Waals surface area (Å²) in [5, 5.41) is 18.3. The molecule has 1 N–H and O–H groups in total.